The first-order chi connectivity index (χ1) is 14.2. The smallest absolute Gasteiger partial charge is 0.256 e. The number of fused-ring (bicyclic) bond motifs is 1. The van der Waals surface area contributed by atoms with Crippen molar-refractivity contribution in [3.63, 3.8) is 0 Å². The van der Waals surface area contributed by atoms with Crippen LogP contribution >= 0.6 is 0 Å². The Labute approximate surface area is 170 Å². The van der Waals surface area contributed by atoms with E-state index in [9.17, 15) is 4.79 Å². The van der Waals surface area contributed by atoms with Gasteiger partial charge >= 0.3 is 0 Å². The summed E-state index contributed by atoms with van der Waals surface area (Å²) >= 11 is 0. The molecule has 1 aliphatic rings. The van der Waals surface area contributed by atoms with E-state index in [-0.39, 0.29) is 5.91 Å². The lowest BCUT2D eigenvalue weighted by molar-refractivity contribution is 0.0942. The van der Waals surface area contributed by atoms with Crippen molar-refractivity contribution >= 4 is 23.1 Å². The summed E-state index contributed by atoms with van der Waals surface area (Å²) in [5.41, 5.74) is 7.77. The van der Waals surface area contributed by atoms with E-state index in [1.54, 1.807) is 23.1 Å². The van der Waals surface area contributed by atoms with Gasteiger partial charge in [-0.15, -0.1) is 0 Å². The van der Waals surface area contributed by atoms with Gasteiger partial charge in [-0.2, -0.15) is 5.10 Å². The number of pyridine rings is 1. The largest absolute Gasteiger partial charge is 0.352 e. The Hall–Kier alpha value is -3.00. The number of hydrogen-bond donors (Lipinski definition) is 2. The molecule has 0 saturated heterocycles. The first-order valence-corrected chi connectivity index (χ1v) is 10.1. The molecule has 2 atom stereocenters. The summed E-state index contributed by atoms with van der Waals surface area (Å²) in [6.07, 6.45) is 11.5. The summed E-state index contributed by atoms with van der Waals surface area (Å²) in [4.78, 5) is 23.6. The molecule has 2 unspecified atom stereocenters. The first-order valence-electron chi connectivity index (χ1n) is 10.1. The molecule has 0 radical (unpaired) electrons. The minimum Gasteiger partial charge on any atom is -0.352 e. The van der Waals surface area contributed by atoms with Gasteiger partial charge in [-0.3, -0.25) is 9.78 Å². The van der Waals surface area contributed by atoms with E-state index in [0.717, 1.165) is 30.9 Å². The predicted molar refractivity (Wildman–Crippen MR) is 112 cm³/mol. The second-order valence-electron chi connectivity index (χ2n) is 7.73. The second kappa shape index (κ2) is 8.57. The SMILES string of the molecule is CN(c1cccnc1)c1ccn2ncc(C(=O)NCC3CCCC(CN)C3)c2n1. The molecule has 4 rings (SSSR count). The van der Waals surface area contributed by atoms with Crippen LogP contribution in [-0.4, -0.2) is 45.6 Å². The van der Waals surface area contributed by atoms with Crippen LogP contribution in [0.3, 0.4) is 0 Å². The van der Waals surface area contributed by atoms with Crippen molar-refractivity contribution in [3.8, 4) is 0 Å². The highest BCUT2D eigenvalue weighted by Gasteiger charge is 2.22. The highest BCUT2D eigenvalue weighted by Crippen LogP contribution is 2.28. The summed E-state index contributed by atoms with van der Waals surface area (Å²) in [5, 5.41) is 7.35. The molecule has 1 amide bonds. The van der Waals surface area contributed by atoms with Gasteiger partial charge in [0.25, 0.3) is 5.91 Å². The lowest BCUT2D eigenvalue weighted by Crippen LogP contribution is -2.33. The van der Waals surface area contributed by atoms with E-state index in [0.29, 0.717) is 29.6 Å². The first kappa shape index (κ1) is 19.3. The van der Waals surface area contributed by atoms with Crippen molar-refractivity contribution in [3.05, 3.63) is 48.5 Å². The maximum atomic E-state index is 12.8. The van der Waals surface area contributed by atoms with Gasteiger partial charge in [0.05, 0.1) is 18.1 Å². The average molecular weight is 393 g/mol. The van der Waals surface area contributed by atoms with Crippen molar-refractivity contribution in [2.45, 2.75) is 25.7 Å². The van der Waals surface area contributed by atoms with Crippen LogP contribution in [0.2, 0.25) is 0 Å². The van der Waals surface area contributed by atoms with Crippen LogP contribution in [0.15, 0.2) is 43.0 Å². The Kier molecular flexibility index (Phi) is 5.71. The van der Waals surface area contributed by atoms with E-state index in [1.165, 1.54) is 12.8 Å². The van der Waals surface area contributed by atoms with Gasteiger partial charge in [-0.05, 0) is 55.8 Å². The molecular weight excluding hydrogens is 366 g/mol. The van der Waals surface area contributed by atoms with Crippen LogP contribution in [-0.2, 0) is 0 Å². The number of carbonyl (C=O) groups excluding carboxylic acids is 1. The fourth-order valence-electron chi connectivity index (χ4n) is 4.02. The van der Waals surface area contributed by atoms with E-state index < -0.39 is 0 Å². The van der Waals surface area contributed by atoms with Crippen LogP contribution in [0.25, 0.3) is 5.65 Å². The maximum absolute atomic E-state index is 12.8. The van der Waals surface area contributed by atoms with E-state index in [2.05, 4.69) is 20.4 Å². The Morgan fingerprint density at radius 3 is 2.97 bits per heavy atom. The number of nitrogens with zero attached hydrogens (tertiary/aromatic N) is 5. The minimum absolute atomic E-state index is 0.136. The highest BCUT2D eigenvalue weighted by molar-refractivity contribution is 5.99. The van der Waals surface area contributed by atoms with Gasteiger partial charge in [-0.25, -0.2) is 9.50 Å². The van der Waals surface area contributed by atoms with Gasteiger partial charge in [0.1, 0.15) is 11.4 Å². The molecule has 29 heavy (non-hydrogen) atoms. The molecule has 3 aromatic heterocycles. The zero-order chi connectivity index (χ0) is 20.2. The van der Waals surface area contributed by atoms with Gasteiger partial charge in [0.15, 0.2) is 5.65 Å². The molecule has 152 valence electrons. The highest BCUT2D eigenvalue weighted by atomic mass is 16.1. The van der Waals surface area contributed by atoms with E-state index >= 15 is 0 Å². The molecule has 3 heterocycles. The number of aromatic nitrogens is 4. The lowest BCUT2D eigenvalue weighted by Gasteiger charge is -2.28. The molecular formula is C21H27N7O. The standard InChI is InChI=1S/C21H27N7O/c1-27(17-6-3-8-23-13-17)19-7-9-28-20(26-19)18(14-25-28)21(29)24-12-16-5-2-4-15(10-16)11-22/h3,6-9,13-16H,2,4-5,10-12,22H2,1H3,(H,24,29). The number of nitrogens with one attached hydrogen (secondary N) is 1. The third-order valence-corrected chi connectivity index (χ3v) is 5.75. The summed E-state index contributed by atoms with van der Waals surface area (Å²) in [6.45, 7) is 1.40. The summed E-state index contributed by atoms with van der Waals surface area (Å²) in [7, 11) is 1.92. The van der Waals surface area contributed by atoms with Crippen LogP contribution < -0.4 is 16.0 Å². The molecule has 0 spiro atoms. The van der Waals surface area contributed by atoms with Crippen molar-refractivity contribution in [1.29, 1.82) is 0 Å². The molecule has 1 saturated carbocycles. The monoisotopic (exact) mass is 393 g/mol. The Morgan fingerprint density at radius 2 is 2.17 bits per heavy atom. The third-order valence-electron chi connectivity index (χ3n) is 5.75. The van der Waals surface area contributed by atoms with Gasteiger partial charge in [-0.1, -0.05) is 6.42 Å². The van der Waals surface area contributed by atoms with Crippen molar-refractivity contribution in [2.24, 2.45) is 17.6 Å². The quantitative estimate of drug-likeness (QED) is 0.667. The second-order valence-corrected chi connectivity index (χ2v) is 7.73. The third kappa shape index (κ3) is 4.22. The number of nitrogens with two attached hydrogens (primary N) is 1. The molecule has 3 N–H and O–H groups in total. The lowest BCUT2D eigenvalue weighted by atomic mass is 9.81. The van der Waals surface area contributed by atoms with Crippen molar-refractivity contribution < 1.29 is 4.79 Å². The van der Waals surface area contributed by atoms with Crippen molar-refractivity contribution in [2.75, 3.05) is 25.0 Å². The van der Waals surface area contributed by atoms with E-state index in [4.69, 9.17) is 5.73 Å². The van der Waals surface area contributed by atoms with Gasteiger partial charge < -0.3 is 16.0 Å². The maximum Gasteiger partial charge on any atom is 0.256 e. The summed E-state index contributed by atoms with van der Waals surface area (Å²) in [6, 6.07) is 5.70. The Bertz CT molecular complexity index is 972. The molecule has 1 aliphatic carbocycles. The Morgan fingerprint density at radius 1 is 1.31 bits per heavy atom. The number of anilines is 2. The molecule has 0 aromatic carbocycles. The molecule has 8 heteroatoms. The number of amides is 1. The van der Waals surface area contributed by atoms with Gasteiger partial charge in [0.2, 0.25) is 0 Å². The van der Waals surface area contributed by atoms with Crippen LogP contribution in [0.1, 0.15) is 36.0 Å². The normalized spacial score (nSPS) is 19.2. The van der Waals surface area contributed by atoms with Crippen LogP contribution in [0.5, 0.6) is 0 Å². The number of hydrogen-bond acceptors (Lipinski definition) is 6. The molecule has 1 fully saturated rings. The zero-order valence-electron chi connectivity index (χ0n) is 16.7. The Balaban J connectivity index is 1.49. The minimum atomic E-state index is -0.136. The summed E-state index contributed by atoms with van der Waals surface area (Å²) in [5.74, 6) is 1.65. The topological polar surface area (TPSA) is 101 Å². The molecule has 0 aliphatic heterocycles. The summed E-state index contributed by atoms with van der Waals surface area (Å²) < 4.78 is 1.63. The molecule has 3 aromatic rings. The van der Waals surface area contributed by atoms with Crippen LogP contribution in [0, 0.1) is 11.8 Å². The molecule has 0 bridgehead atoms. The van der Waals surface area contributed by atoms with Crippen LogP contribution in [0.4, 0.5) is 11.5 Å². The number of rotatable bonds is 6. The zero-order valence-corrected chi connectivity index (χ0v) is 16.7. The van der Waals surface area contributed by atoms with E-state index in [1.807, 2.05) is 36.3 Å². The fourth-order valence-corrected chi connectivity index (χ4v) is 4.02. The fraction of sp³-hybridized carbons (Fsp3) is 0.429. The predicted octanol–water partition coefficient (Wildman–Crippen LogP) is 2.39. The van der Waals surface area contributed by atoms with Crippen molar-refractivity contribution in [1.82, 2.24) is 24.9 Å². The van der Waals surface area contributed by atoms with Gasteiger partial charge in [0, 0.05) is 26.0 Å². The average Bonchev–Trinajstić information content (AvgIpc) is 3.21. The number of carbonyl (C=O) groups is 1. The molecule has 8 nitrogen and oxygen atoms in total.